The maximum absolute atomic E-state index is 6.04. The number of aryl methyl sites for hydroxylation is 1. The molecule has 4 heteroatoms. The predicted molar refractivity (Wildman–Crippen MR) is 106 cm³/mol. The van der Waals surface area contributed by atoms with Crippen LogP contribution in [-0.2, 0) is 7.05 Å². The molecule has 112 valence electrons. The van der Waals surface area contributed by atoms with Crippen LogP contribution in [0.25, 0.3) is 23.1 Å². The van der Waals surface area contributed by atoms with E-state index >= 15 is 0 Å². The Morgan fingerprint density at radius 1 is 0.909 bits per heavy atom. The number of fused-ring (bicyclic) bond motifs is 1. The molecule has 1 aromatic heterocycles. The summed E-state index contributed by atoms with van der Waals surface area (Å²) >= 11 is 12.0. The summed E-state index contributed by atoms with van der Waals surface area (Å²) in [5.41, 5.74) is 3.41. The molecule has 0 atom stereocenters. The van der Waals surface area contributed by atoms with E-state index in [1.165, 1.54) is 16.5 Å². The van der Waals surface area contributed by atoms with E-state index in [0.29, 0.717) is 10.0 Å². The molecule has 0 bridgehead atoms. The fourth-order valence-electron chi connectivity index (χ4n) is 2.33. The lowest BCUT2D eigenvalue weighted by Gasteiger charge is -2.01. The Kier molecular flexibility index (Phi) is 5.84. The largest absolute Gasteiger partial charge is 0.212 e. The molecule has 0 aliphatic rings. The van der Waals surface area contributed by atoms with Gasteiger partial charge in [0.1, 0.15) is 7.05 Å². The summed E-state index contributed by atoms with van der Waals surface area (Å²) in [7, 11) is 2.05. The lowest BCUT2D eigenvalue weighted by Crippen LogP contribution is -2.28. The van der Waals surface area contributed by atoms with E-state index < -0.39 is 0 Å². The molecule has 3 aromatic rings. The highest BCUT2D eigenvalue weighted by atomic mass is 127. The molecule has 0 spiro atoms. The summed E-state index contributed by atoms with van der Waals surface area (Å²) in [6.07, 6.45) is 6.21. The van der Waals surface area contributed by atoms with Gasteiger partial charge in [0.05, 0.1) is 15.4 Å². The van der Waals surface area contributed by atoms with Crippen molar-refractivity contribution >= 4 is 70.2 Å². The quantitative estimate of drug-likeness (QED) is 0.351. The van der Waals surface area contributed by atoms with Gasteiger partial charge in [-0.05, 0) is 29.3 Å². The first-order valence-corrected chi connectivity index (χ1v) is 7.41. The lowest BCUT2D eigenvalue weighted by atomic mass is 10.1. The number of hydrogen-bond donors (Lipinski definition) is 0. The fourth-order valence-corrected chi connectivity index (χ4v) is 2.64. The average Bonchev–Trinajstić information content (AvgIpc) is 2.50. The summed E-state index contributed by atoms with van der Waals surface area (Å²) < 4.78 is 2.12. The van der Waals surface area contributed by atoms with Crippen LogP contribution in [-0.4, -0.2) is 0 Å². The highest BCUT2D eigenvalue weighted by molar-refractivity contribution is 14.0. The minimum absolute atomic E-state index is 0. The Morgan fingerprint density at radius 2 is 1.68 bits per heavy atom. The first-order valence-electron chi connectivity index (χ1n) is 6.66. The zero-order valence-electron chi connectivity index (χ0n) is 12.0. The molecule has 0 fully saturated rings. The van der Waals surface area contributed by atoms with Crippen LogP contribution in [0.2, 0.25) is 10.0 Å². The van der Waals surface area contributed by atoms with E-state index in [0.717, 1.165) is 5.56 Å². The number of hydrogen-bond acceptors (Lipinski definition) is 0. The Morgan fingerprint density at radius 3 is 2.45 bits per heavy atom. The predicted octanol–water partition coefficient (Wildman–Crippen LogP) is 5.76. The number of pyridine rings is 1. The molecule has 1 heterocycles. The summed E-state index contributed by atoms with van der Waals surface area (Å²) in [5, 5.41) is 2.37. The molecule has 3 rings (SSSR count). The molecular weight excluding hydrogens is 428 g/mol. The summed E-state index contributed by atoms with van der Waals surface area (Å²) in [6.45, 7) is 0. The highest BCUT2D eigenvalue weighted by Crippen LogP contribution is 2.24. The fraction of sp³-hybridized carbons (Fsp3) is 0.0556. The van der Waals surface area contributed by atoms with Crippen LogP contribution in [0.4, 0.5) is 0 Å². The van der Waals surface area contributed by atoms with Gasteiger partial charge in [-0.3, -0.25) is 0 Å². The maximum Gasteiger partial charge on any atom is 0.212 e. The minimum Gasteiger partial charge on any atom is -0.201 e. The first kappa shape index (κ1) is 17.3. The maximum atomic E-state index is 6.04. The van der Waals surface area contributed by atoms with Crippen LogP contribution < -0.4 is 4.57 Å². The first-order chi connectivity index (χ1) is 10.1. The van der Waals surface area contributed by atoms with Crippen molar-refractivity contribution in [1.82, 2.24) is 0 Å². The van der Waals surface area contributed by atoms with Gasteiger partial charge in [-0.15, -0.1) is 24.0 Å². The lowest BCUT2D eigenvalue weighted by molar-refractivity contribution is -0.644. The molecule has 0 unspecified atom stereocenters. The number of benzene rings is 2. The van der Waals surface area contributed by atoms with Crippen molar-refractivity contribution in [3.05, 3.63) is 75.9 Å². The molecular formula is C18H15Cl2IN+. The van der Waals surface area contributed by atoms with Gasteiger partial charge < -0.3 is 0 Å². The molecule has 2 aromatic carbocycles. The standard InChI is InChI=1S/C18H14Cl2N.HI/c1-21-11-10-14(15-4-2-3-5-18(15)21)8-6-13-7-9-16(19)17(20)12-13;/h2-12H,1H3;1H/q+1;. The Bertz CT molecular complexity index is 844. The zero-order valence-corrected chi connectivity index (χ0v) is 15.8. The van der Waals surface area contributed by atoms with Crippen molar-refractivity contribution in [2.75, 3.05) is 0 Å². The van der Waals surface area contributed by atoms with E-state index in [2.05, 4.69) is 54.2 Å². The van der Waals surface area contributed by atoms with E-state index in [-0.39, 0.29) is 24.0 Å². The second-order valence-electron chi connectivity index (χ2n) is 4.91. The van der Waals surface area contributed by atoms with Crippen molar-refractivity contribution < 1.29 is 4.57 Å². The second kappa shape index (κ2) is 7.44. The third kappa shape index (κ3) is 3.62. The number of rotatable bonds is 2. The van der Waals surface area contributed by atoms with E-state index in [9.17, 15) is 0 Å². The van der Waals surface area contributed by atoms with Gasteiger partial charge in [0, 0.05) is 12.1 Å². The second-order valence-corrected chi connectivity index (χ2v) is 5.72. The molecule has 0 saturated heterocycles. The van der Waals surface area contributed by atoms with Crippen molar-refractivity contribution in [1.29, 1.82) is 0 Å². The van der Waals surface area contributed by atoms with Gasteiger partial charge in [-0.1, -0.05) is 53.6 Å². The molecule has 0 saturated carbocycles. The van der Waals surface area contributed by atoms with Crippen molar-refractivity contribution in [3.63, 3.8) is 0 Å². The summed E-state index contributed by atoms with van der Waals surface area (Å²) in [5.74, 6) is 0. The molecule has 0 amide bonds. The molecule has 0 aliphatic heterocycles. The van der Waals surface area contributed by atoms with Crippen LogP contribution >= 0.6 is 47.2 Å². The Labute approximate surface area is 157 Å². The van der Waals surface area contributed by atoms with Gasteiger partial charge in [0.15, 0.2) is 6.20 Å². The van der Waals surface area contributed by atoms with Crippen molar-refractivity contribution in [2.45, 2.75) is 0 Å². The van der Waals surface area contributed by atoms with Gasteiger partial charge in [-0.2, -0.15) is 0 Å². The monoisotopic (exact) mass is 442 g/mol. The molecule has 0 N–H and O–H groups in total. The molecule has 1 nitrogen and oxygen atoms in total. The van der Waals surface area contributed by atoms with Crippen LogP contribution in [0.1, 0.15) is 11.1 Å². The molecule has 22 heavy (non-hydrogen) atoms. The smallest absolute Gasteiger partial charge is 0.201 e. The summed E-state index contributed by atoms with van der Waals surface area (Å²) in [6, 6.07) is 16.1. The average molecular weight is 443 g/mol. The summed E-state index contributed by atoms with van der Waals surface area (Å²) in [4.78, 5) is 0. The highest BCUT2D eigenvalue weighted by Gasteiger charge is 2.06. The normalized spacial score (nSPS) is 10.9. The molecule has 0 aliphatic carbocycles. The Hall–Kier alpha value is -1.10. The van der Waals surface area contributed by atoms with Gasteiger partial charge in [0.2, 0.25) is 5.52 Å². The van der Waals surface area contributed by atoms with E-state index in [1.807, 2.05) is 24.3 Å². The van der Waals surface area contributed by atoms with Crippen LogP contribution in [0.3, 0.4) is 0 Å². The third-order valence-electron chi connectivity index (χ3n) is 3.47. The Balaban J connectivity index is 0.00000176. The number of nitrogens with zero attached hydrogens (tertiary/aromatic N) is 1. The van der Waals surface area contributed by atoms with E-state index in [4.69, 9.17) is 23.2 Å². The van der Waals surface area contributed by atoms with Gasteiger partial charge in [0.25, 0.3) is 0 Å². The third-order valence-corrected chi connectivity index (χ3v) is 4.21. The number of halogens is 3. The van der Waals surface area contributed by atoms with Crippen LogP contribution in [0, 0.1) is 0 Å². The SMILES string of the molecule is C[n+]1ccc(C=Cc2ccc(Cl)c(Cl)c2)c2ccccc21.I. The van der Waals surface area contributed by atoms with Gasteiger partial charge >= 0.3 is 0 Å². The van der Waals surface area contributed by atoms with Crippen LogP contribution in [0.5, 0.6) is 0 Å². The zero-order chi connectivity index (χ0) is 14.8. The van der Waals surface area contributed by atoms with E-state index in [1.54, 1.807) is 0 Å². The topological polar surface area (TPSA) is 3.88 Å². The minimum atomic E-state index is 0. The molecule has 0 radical (unpaired) electrons. The van der Waals surface area contributed by atoms with Crippen molar-refractivity contribution in [3.8, 4) is 0 Å². The number of aromatic nitrogens is 1. The van der Waals surface area contributed by atoms with Crippen molar-refractivity contribution in [2.24, 2.45) is 7.05 Å². The van der Waals surface area contributed by atoms with Crippen LogP contribution in [0.15, 0.2) is 54.7 Å². The van der Waals surface area contributed by atoms with Gasteiger partial charge in [-0.25, -0.2) is 4.57 Å². The number of para-hydroxylation sites is 1.